The summed E-state index contributed by atoms with van der Waals surface area (Å²) in [5.41, 5.74) is 2.66. The van der Waals surface area contributed by atoms with Crippen molar-refractivity contribution in [1.82, 2.24) is 14.8 Å². The van der Waals surface area contributed by atoms with Crippen molar-refractivity contribution in [2.45, 2.75) is 25.0 Å². The normalized spacial score (nSPS) is 16.5. The third kappa shape index (κ3) is 4.05. The van der Waals surface area contributed by atoms with Crippen LogP contribution in [0, 0.1) is 0 Å². The summed E-state index contributed by atoms with van der Waals surface area (Å²) < 4.78 is 18.9. The number of fused-ring (bicyclic) bond motifs is 2. The molecule has 2 aromatic carbocycles. The number of allylic oxidation sites excluding steroid dienone is 1. The number of nitrogens with zero attached hydrogens (tertiary/aromatic N) is 3. The molecular weight excluding hydrogens is 454 g/mol. The molecule has 34 heavy (non-hydrogen) atoms. The molecular formula is C24H25N5O4S. The monoisotopic (exact) mass is 479 g/mol. The molecule has 10 heteroatoms. The first-order valence-electron chi connectivity index (χ1n) is 11.0. The van der Waals surface area contributed by atoms with E-state index in [1.54, 1.807) is 4.68 Å². The number of para-hydroxylation sites is 2. The molecule has 0 saturated carbocycles. The second kappa shape index (κ2) is 9.30. The fourth-order valence-electron chi connectivity index (χ4n) is 4.09. The summed E-state index contributed by atoms with van der Waals surface area (Å²) in [4.78, 5) is 18.3. The van der Waals surface area contributed by atoms with Crippen LogP contribution in [0.5, 0.6) is 17.2 Å². The highest BCUT2D eigenvalue weighted by atomic mass is 32.2. The lowest BCUT2D eigenvalue weighted by Gasteiger charge is -2.29. The smallest absolute Gasteiger partial charge is 0.255 e. The second-order valence-electron chi connectivity index (χ2n) is 7.72. The number of anilines is 2. The lowest BCUT2D eigenvalue weighted by Crippen LogP contribution is -2.31. The standard InChI is InChI=1S/C24H25N5O4S/c1-4-31-17-8-6-5-7-16(17)26-22(30)20-14(2)25-23-27-24(34-3)28-29(23)21(20)15-9-10-18-19(13-15)33-12-11-32-18/h5-10,13,21H,4,11-12H2,1-3H3,(H,26,30)(H,25,27,28). The Kier molecular flexibility index (Phi) is 6.06. The van der Waals surface area contributed by atoms with E-state index in [1.165, 1.54) is 11.8 Å². The van der Waals surface area contributed by atoms with E-state index in [1.807, 2.05) is 62.6 Å². The van der Waals surface area contributed by atoms with Crippen LogP contribution in [0.4, 0.5) is 11.6 Å². The molecule has 1 atom stereocenters. The maximum atomic E-state index is 13.7. The molecule has 0 aliphatic carbocycles. The Balaban J connectivity index is 1.57. The van der Waals surface area contributed by atoms with Crippen molar-refractivity contribution in [3.63, 3.8) is 0 Å². The van der Waals surface area contributed by atoms with Crippen LogP contribution in [0.1, 0.15) is 25.5 Å². The quantitative estimate of drug-likeness (QED) is 0.510. The first-order chi connectivity index (χ1) is 16.6. The minimum atomic E-state index is -0.514. The highest BCUT2D eigenvalue weighted by Crippen LogP contribution is 2.40. The average molecular weight is 480 g/mol. The van der Waals surface area contributed by atoms with Crippen molar-refractivity contribution in [3.05, 3.63) is 59.3 Å². The number of thioether (sulfide) groups is 1. The van der Waals surface area contributed by atoms with Crippen molar-refractivity contribution in [3.8, 4) is 17.2 Å². The Morgan fingerprint density at radius 3 is 2.82 bits per heavy atom. The molecule has 0 saturated heterocycles. The summed E-state index contributed by atoms with van der Waals surface area (Å²) in [6, 6.07) is 12.6. The van der Waals surface area contributed by atoms with Gasteiger partial charge in [-0.05, 0) is 49.9 Å². The van der Waals surface area contributed by atoms with Crippen molar-refractivity contribution in [1.29, 1.82) is 0 Å². The van der Waals surface area contributed by atoms with Crippen molar-refractivity contribution in [2.24, 2.45) is 0 Å². The Hall–Kier alpha value is -3.66. The van der Waals surface area contributed by atoms with E-state index in [9.17, 15) is 4.79 Å². The van der Waals surface area contributed by atoms with Gasteiger partial charge in [0.15, 0.2) is 11.5 Å². The van der Waals surface area contributed by atoms with Crippen molar-refractivity contribution < 1.29 is 19.0 Å². The van der Waals surface area contributed by atoms with Crippen LogP contribution in [-0.4, -0.2) is 46.7 Å². The maximum Gasteiger partial charge on any atom is 0.255 e. The molecule has 0 fully saturated rings. The average Bonchev–Trinajstić information content (AvgIpc) is 3.27. The molecule has 1 unspecified atom stereocenters. The van der Waals surface area contributed by atoms with Crippen LogP contribution in [-0.2, 0) is 4.79 Å². The molecule has 5 rings (SSSR count). The van der Waals surface area contributed by atoms with Crippen LogP contribution >= 0.6 is 11.8 Å². The van der Waals surface area contributed by atoms with Crippen LogP contribution in [0.2, 0.25) is 0 Å². The first-order valence-corrected chi connectivity index (χ1v) is 12.2. The number of rotatable bonds is 6. The van der Waals surface area contributed by atoms with E-state index in [2.05, 4.69) is 20.7 Å². The maximum absolute atomic E-state index is 13.7. The highest BCUT2D eigenvalue weighted by Gasteiger charge is 2.35. The van der Waals surface area contributed by atoms with Gasteiger partial charge in [0.2, 0.25) is 11.1 Å². The minimum Gasteiger partial charge on any atom is -0.492 e. The first kappa shape index (κ1) is 22.1. The van der Waals surface area contributed by atoms with Crippen LogP contribution < -0.4 is 24.8 Å². The molecule has 2 aliphatic rings. The van der Waals surface area contributed by atoms with Crippen molar-refractivity contribution in [2.75, 3.05) is 36.7 Å². The SMILES string of the molecule is CCOc1ccccc1NC(=O)C1=C(C)Nc2nc(SC)nn2C1c1ccc2c(c1)OCCO2. The van der Waals surface area contributed by atoms with E-state index in [0.29, 0.717) is 65.1 Å². The second-order valence-corrected chi connectivity index (χ2v) is 8.49. The van der Waals surface area contributed by atoms with E-state index in [0.717, 1.165) is 5.56 Å². The van der Waals surface area contributed by atoms with Gasteiger partial charge < -0.3 is 24.8 Å². The van der Waals surface area contributed by atoms with Gasteiger partial charge in [-0.25, -0.2) is 4.68 Å². The van der Waals surface area contributed by atoms with Gasteiger partial charge in [-0.1, -0.05) is 30.0 Å². The van der Waals surface area contributed by atoms with Gasteiger partial charge in [0.05, 0.1) is 17.9 Å². The fourth-order valence-corrected chi connectivity index (χ4v) is 4.44. The lowest BCUT2D eigenvalue weighted by molar-refractivity contribution is -0.113. The summed E-state index contributed by atoms with van der Waals surface area (Å²) in [5.74, 6) is 2.26. The van der Waals surface area contributed by atoms with E-state index in [4.69, 9.17) is 14.2 Å². The molecule has 1 aromatic heterocycles. The third-order valence-corrected chi connectivity index (χ3v) is 6.12. The summed E-state index contributed by atoms with van der Waals surface area (Å²) in [6.45, 7) is 5.26. The van der Waals surface area contributed by atoms with Crippen LogP contribution in [0.15, 0.2) is 58.9 Å². The Morgan fingerprint density at radius 1 is 1.24 bits per heavy atom. The molecule has 2 N–H and O–H groups in total. The molecule has 0 spiro atoms. The largest absolute Gasteiger partial charge is 0.492 e. The van der Waals surface area contributed by atoms with E-state index >= 15 is 0 Å². The Labute approximate surface area is 201 Å². The van der Waals surface area contributed by atoms with Gasteiger partial charge in [-0.2, -0.15) is 4.98 Å². The number of ether oxygens (including phenoxy) is 3. The highest BCUT2D eigenvalue weighted by molar-refractivity contribution is 7.98. The summed E-state index contributed by atoms with van der Waals surface area (Å²) in [7, 11) is 0. The molecule has 3 heterocycles. The molecule has 3 aromatic rings. The topological polar surface area (TPSA) is 99.5 Å². The zero-order valence-electron chi connectivity index (χ0n) is 19.1. The molecule has 9 nitrogen and oxygen atoms in total. The summed E-state index contributed by atoms with van der Waals surface area (Å²) in [5, 5.41) is 11.5. The third-order valence-electron chi connectivity index (χ3n) is 5.58. The number of nitrogens with one attached hydrogen (secondary N) is 2. The van der Waals surface area contributed by atoms with Gasteiger partial charge in [0, 0.05) is 5.70 Å². The Bertz CT molecular complexity index is 1270. The zero-order valence-corrected chi connectivity index (χ0v) is 19.9. The zero-order chi connectivity index (χ0) is 23.7. The number of amides is 1. The van der Waals surface area contributed by atoms with Gasteiger partial charge >= 0.3 is 0 Å². The van der Waals surface area contributed by atoms with E-state index < -0.39 is 6.04 Å². The van der Waals surface area contributed by atoms with Gasteiger partial charge in [-0.15, -0.1) is 5.10 Å². The number of aromatic nitrogens is 3. The fraction of sp³-hybridized carbons (Fsp3) is 0.292. The van der Waals surface area contributed by atoms with Gasteiger partial charge in [0.25, 0.3) is 5.91 Å². The molecule has 0 radical (unpaired) electrons. The Morgan fingerprint density at radius 2 is 2.03 bits per heavy atom. The van der Waals surface area contributed by atoms with Crippen LogP contribution in [0.25, 0.3) is 0 Å². The molecule has 1 amide bonds. The number of carbonyl (C=O) groups excluding carboxylic acids is 1. The number of benzene rings is 2. The molecule has 176 valence electrons. The number of carbonyl (C=O) groups is 1. The van der Waals surface area contributed by atoms with E-state index in [-0.39, 0.29) is 5.91 Å². The lowest BCUT2D eigenvalue weighted by atomic mass is 9.94. The minimum absolute atomic E-state index is 0.260. The van der Waals surface area contributed by atoms with Gasteiger partial charge in [-0.3, -0.25) is 4.79 Å². The summed E-state index contributed by atoms with van der Waals surface area (Å²) in [6.07, 6.45) is 1.92. The predicted molar refractivity (Wildman–Crippen MR) is 130 cm³/mol. The van der Waals surface area contributed by atoms with Gasteiger partial charge in [0.1, 0.15) is 25.0 Å². The number of hydrogen-bond acceptors (Lipinski definition) is 8. The molecule has 0 bridgehead atoms. The number of hydrogen-bond donors (Lipinski definition) is 2. The molecule has 2 aliphatic heterocycles. The predicted octanol–water partition coefficient (Wildman–Crippen LogP) is 4.10. The van der Waals surface area contributed by atoms with Crippen molar-refractivity contribution >= 4 is 29.3 Å². The summed E-state index contributed by atoms with van der Waals surface area (Å²) >= 11 is 1.44. The van der Waals surface area contributed by atoms with Crippen LogP contribution in [0.3, 0.4) is 0 Å².